The van der Waals surface area contributed by atoms with Crippen molar-refractivity contribution in [3.63, 3.8) is 0 Å². The summed E-state index contributed by atoms with van der Waals surface area (Å²) >= 11 is 5.03. The van der Waals surface area contributed by atoms with Crippen LogP contribution in [0.25, 0.3) is 0 Å². The Bertz CT molecular complexity index is 642. The van der Waals surface area contributed by atoms with Crippen molar-refractivity contribution >= 4 is 17.2 Å². The third-order valence-electron chi connectivity index (χ3n) is 3.39. The number of para-hydroxylation sites is 2. The number of hydrogen-bond donors (Lipinski definition) is 1. The molecule has 1 atom stereocenters. The molecule has 0 radical (unpaired) electrons. The molecule has 0 saturated heterocycles. The van der Waals surface area contributed by atoms with Gasteiger partial charge in [0.2, 0.25) is 0 Å². The lowest BCUT2D eigenvalue weighted by molar-refractivity contribution is 0.248. The van der Waals surface area contributed by atoms with E-state index in [1.807, 2.05) is 42.5 Å². The van der Waals surface area contributed by atoms with E-state index >= 15 is 0 Å². The maximum atomic E-state index is 5.89. The maximum absolute atomic E-state index is 5.89. The molecule has 2 aromatic carbocycles. The van der Waals surface area contributed by atoms with Crippen molar-refractivity contribution in [2.45, 2.75) is 5.92 Å². The predicted molar refractivity (Wildman–Crippen MR) is 82.5 cm³/mol. The molecular weight excluding hydrogens is 270 g/mol. The fourth-order valence-electron chi connectivity index (χ4n) is 2.35. The Morgan fingerprint density at radius 2 is 1.95 bits per heavy atom. The molecule has 0 aliphatic carbocycles. The van der Waals surface area contributed by atoms with Gasteiger partial charge in [-0.25, -0.2) is 0 Å². The average Bonchev–Trinajstić information content (AvgIpc) is 2.88. The molecule has 102 valence electrons. The largest absolute Gasteiger partial charge is 0.493 e. The van der Waals surface area contributed by atoms with Gasteiger partial charge in [0.15, 0.2) is 0 Å². The molecule has 1 unspecified atom stereocenters. The average molecular weight is 285 g/mol. The van der Waals surface area contributed by atoms with Gasteiger partial charge in [-0.1, -0.05) is 42.5 Å². The second-order valence-corrected chi connectivity index (χ2v) is 5.16. The summed E-state index contributed by atoms with van der Waals surface area (Å²) in [6.07, 6.45) is 0. The molecule has 20 heavy (non-hydrogen) atoms. The van der Waals surface area contributed by atoms with Crippen LogP contribution in [0.3, 0.4) is 0 Å². The SMILES string of the molecule is NC(=S)c1ccccc1OCC1COc2ccccc21. The Labute approximate surface area is 123 Å². The molecular formula is C16H15NO2S. The minimum absolute atomic E-state index is 0.241. The fourth-order valence-corrected chi connectivity index (χ4v) is 2.52. The lowest BCUT2D eigenvalue weighted by Gasteiger charge is -2.13. The number of hydrogen-bond acceptors (Lipinski definition) is 3. The second kappa shape index (κ2) is 5.51. The molecule has 0 aromatic heterocycles. The van der Waals surface area contributed by atoms with E-state index in [1.165, 1.54) is 5.56 Å². The van der Waals surface area contributed by atoms with Crippen LogP contribution in [-0.2, 0) is 0 Å². The summed E-state index contributed by atoms with van der Waals surface area (Å²) in [5.41, 5.74) is 7.67. The van der Waals surface area contributed by atoms with Crippen LogP contribution >= 0.6 is 12.2 Å². The van der Waals surface area contributed by atoms with Crippen LogP contribution in [0.1, 0.15) is 17.0 Å². The summed E-state index contributed by atoms with van der Waals surface area (Å²) in [7, 11) is 0. The third-order valence-corrected chi connectivity index (χ3v) is 3.61. The highest BCUT2D eigenvalue weighted by atomic mass is 32.1. The van der Waals surface area contributed by atoms with Crippen molar-refractivity contribution in [2.24, 2.45) is 5.73 Å². The number of thiocarbonyl (C=S) groups is 1. The van der Waals surface area contributed by atoms with Gasteiger partial charge in [-0.05, 0) is 18.2 Å². The van der Waals surface area contributed by atoms with Crippen LogP contribution in [-0.4, -0.2) is 18.2 Å². The zero-order valence-corrected chi connectivity index (χ0v) is 11.7. The molecule has 0 saturated carbocycles. The summed E-state index contributed by atoms with van der Waals surface area (Å²) in [6.45, 7) is 1.20. The minimum Gasteiger partial charge on any atom is -0.493 e. The van der Waals surface area contributed by atoms with Gasteiger partial charge in [0, 0.05) is 5.56 Å². The summed E-state index contributed by atoms with van der Waals surface area (Å²) < 4.78 is 11.5. The van der Waals surface area contributed by atoms with Crippen molar-refractivity contribution in [3.8, 4) is 11.5 Å². The van der Waals surface area contributed by atoms with Crippen LogP contribution in [0.2, 0.25) is 0 Å². The van der Waals surface area contributed by atoms with E-state index in [0.717, 1.165) is 17.1 Å². The van der Waals surface area contributed by atoms with E-state index in [-0.39, 0.29) is 5.92 Å². The van der Waals surface area contributed by atoms with Gasteiger partial charge < -0.3 is 15.2 Å². The smallest absolute Gasteiger partial charge is 0.129 e. The number of fused-ring (bicyclic) bond motifs is 1. The predicted octanol–water partition coefficient (Wildman–Crippen LogP) is 2.88. The number of ether oxygens (including phenoxy) is 2. The van der Waals surface area contributed by atoms with E-state index in [0.29, 0.717) is 18.2 Å². The normalized spacial score (nSPS) is 16.3. The van der Waals surface area contributed by atoms with Crippen LogP contribution in [0.5, 0.6) is 11.5 Å². The van der Waals surface area contributed by atoms with Gasteiger partial charge in [-0.3, -0.25) is 0 Å². The van der Waals surface area contributed by atoms with E-state index < -0.39 is 0 Å². The molecule has 0 bridgehead atoms. The lowest BCUT2D eigenvalue weighted by atomic mass is 10.0. The molecule has 1 aliphatic rings. The molecule has 0 fully saturated rings. The topological polar surface area (TPSA) is 44.5 Å². The van der Waals surface area contributed by atoms with Gasteiger partial charge in [-0.15, -0.1) is 0 Å². The van der Waals surface area contributed by atoms with Crippen LogP contribution < -0.4 is 15.2 Å². The number of benzene rings is 2. The molecule has 1 aliphatic heterocycles. The van der Waals surface area contributed by atoms with Crippen molar-refractivity contribution in [1.29, 1.82) is 0 Å². The molecule has 2 N–H and O–H groups in total. The maximum Gasteiger partial charge on any atom is 0.129 e. The highest BCUT2D eigenvalue weighted by Gasteiger charge is 2.24. The summed E-state index contributed by atoms with van der Waals surface area (Å²) in [5.74, 6) is 1.92. The molecule has 0 spiro atoms. The zero-order valence-electron chi connectivity index (χ0n) is 10.9. The van der Waals surface area contributed by atoms with Crippen molar-refractivity contribution in [1.82, 2.24) is 0 Å². The van der Waals surface area contributed by atoms with Crippen molar-refractivity contribution < 1.29 is 9.47 Å². The first-order chi connectivity index (χ1) is 9.75. The summed E-state index contributed by atoms with van der Waals surface area (Å²) in [6, 6.07) is 15.6. The van der Waals surface area contributed by atoms with E-state index in [2.05, 4.69) is 6.07 Å². The minimum atomic E-state index is 0.241. The quantitative estimate of drug-likeness (QED) is 0.877. The Morgan fingerprint density at radius 3 is 2.80 bits per heavy atom. The number of rotatable bonds is 4. The molecule has 3 rings (SSSR count). The first-order valence-electron chi connectivity index (χ1n) is 6.49. The van der Waals surface area contributed by atoms with Gasteiger partial charge >= 0.3 is 0 Å². The van der Waals surface area contributed by atoms with Gasteiger partial charge in [0.1, 0.15) is 16.5 Å². The molecule has 1 heterocycles. The zero-order chi connectivity index (χ0) is 13.9. The lowest BCUT2D eigenvalue weighted by Crippen LogP contribution is -2.15. The molecule has 3 nitrogen and oxygen atoms in total. The van der Waals surface area contributed by atoms with Crippen LogP contribution in [0.4, 0.5) is 0 Å². The van der Waals surface area contributed by atoms with Gasteiger partial charge in [0.05, 0.1) is 24.7 Å². The van der Waals surface area contributed by atoms with E-state index in [9.17, 15) is 0 Å². The highest BCUT2D eigenvalue weighted by molar-refractivity contribution is 7.80. The third kappa shape index (κ3) is 2.47. The fraction of sp³-hybridized carbons (Fsp3) is 0.188. The highest BCUT2D eigenvalue weighted by Crippen LogP contribution is 2.34. The Hall–Kier alpha value is -2.07. The molecule has 2 aromatic rings. The monoisotopic (exact) mass is 285 g/mol. The van der Waals surface area contributed by atoms with Crippen molar-refractivity contribution in [2.75, 3.05) is 13.2 Å². The van der Waals surface area contributed by atoms with E-state index in [1.54, 1.807) is 0 Å². The van der Waals surface area contributed by atoms with Crippen LogP contribution in [0.15, 0.2) is 48.5 Å². The Morgan fingerprint density at radius 1 is 1.20 bits per heavy atom. The second-order valence-electron chi connectivity index (χ2n) is 4.72. The van der Waals surface area contributed by atoms with Crippen LogP contribution in [0, 0.1) is 0 Å². The summed E-state index contributed by atoms with van der Waals surface area (Å²) in [5, 5.41) is 0. The van der Waals surface area contributed by atoms with Gasteiger partial charge in [-0.2, -0.15) is 0 Å². The first-order valence-corrected chi connectivity index (χ1v) is 6.90. The van der Waals surface area contributed by atoms with Gasteiger partial charge in [0.25, 0.3) is 0 Å². The molecule has 4 heteroatoms. The Kier molecular flexibility index (Phi) is 3.56. The standard InChI is InChI=1S/C16H15NO2S/c17-16(20)13-6-2-4-8-15(13)19-10-11-9-18-14-7-3-1-5-12(11)14/h1-8,11H,9-10H2,(H2,17,20). The Balaban J connectivity index is 1.74. The van der Waals surface area contributed by atoms with E-state index in [4.69, 9.17) is 27.4 Å². The number of nitrogens with two attached hydrogens (primary N) is 1. The summed E-state index contributed by atoms with van der Waals surface area (Å²) in [4.78, 5) is 0.351. The first kappa shape index (κ1) is 12.9. The molecule has 0 amide bonds. The van der Waals surface area contributed by atoms with Crippen molar-refractivity contribution in [3.05, 3.63) is 59.7 Å².